The largest absolute Gasteiger partial charge is 0.326 e. The van der Waals surface area contributed by atoms with Crippen LogP contribution < -0.4 is 5.32 Å². The molecule has 0 aliphatic carbocycles. The first-order valence-corrected chi connectivity index (χ1v) is 10.4. The van der Waals surface area contributed by atoms with E-state index in [0.29, 0.717) is 35.2 Å². The number of likely N-dealkylation sites (tertiary alicyclic amines) is 1. The Bertz CT molecular complexity index is 924. The van der Waals surface area contributed by atoms with Crippen molar-refractivity contribution in [3.63, 3.8) is 0 Å². The van der Waals surface area contributed by atoms with Crippen molar-refractivity contribution in [3.8, 4) is 0 Å². The van der Waals surface area contributed by atoms with Crippen LogP contribution in [0, 0.1) is 0 Å². The molecule has 1 saturated heterocycles. The van der Waals surface area contributed by atoms with Gasteiger partial charge in [-0.3, -0.25) is 14.9 Å². The predicted octanol–water partition coefficient (Wildman–Crippen LogP) is 3.43. The lowest BCUT2D eigenvalue weighted by atomic mass is 10.1. The minimum Gasteiger partial charge on any atom is -0.326 e. The minimum absolute atomic E-state index is 0.0790. The molecule has 1 atom stereocenters. The molecule has 0 spiro atoms. The van der Waals surface area contributed by atoms with E-state index in [-0.39, 0.29) is 11.8 Å². The highest BCUT2D eigenvalue weighted by atomic mass is 32.1. The molecule has 8 heteroatoms. The molecule has 1 N–H and O–H groups in total. The van der Waals surface area contributed by atoms with E-state index in [4.69, 9.17) is 0 Å². The molecule has 3 aromatic rings. The van der Waals surface area contributed by atoms with Gasteiger partial charge >= 0.3 is 0 Å². The summed E-state index contributed by atoms with van der Waals surface area (Å²) < 4.78 is 4.32. The van der Waals surface area contributed by atoms with E-state index in [1.165, 1.54) is 22.9 Å². The number of hydrogen-bond donors (Lipinski definition) is 1. The number of anilines is 1. The first kappa shape index (κ1) is 17.8. The van der Waals surface area contributed by atoms with Crippen molar-refractivity contribution in [1.82, 2.24) is 14.3 Å². The number of hydrogen-bond acceptors (Lipinski definition) is 6. The first-order valence-electron chi connectivity index (χ1n) is 8.72. The Labute approximate surface area is 165 Å². The number of amides is 2. The number of nitrogens with zero attached hydrogens (tertiary/aromatic N) is 3. The van der Waals surface area contributed by atoms with Gasteiger partial charge in [-0.25, -0.2) is 4.98 Å². The average Bonchev–Trinajstić information content (AvgIpc) is 3.44. The van der Waals surface area contributed by atoms with Gasteiger partial charge in [0.1, 0.15) is 11.9 Å². The molecule has 0 radical (unpaired) electrons. The zero-order valence-corrected chi connectivity index (χ0v) is 16.1. The maximum Gasteiger partial charge on any atom is 0.264 e. The fraction of sp³-hybridized carbons (Fsp3) is 0.263. The van der Waals surface area contributed by atoms with Gasteiger partial charge in [-0.15, -0.1) is 11.3 Å². The van der Waals surface area contributed by atoms with Gasteiger partial charge in [0.25, 0.3) is 5.91 Å². The molecule has 1 fully saturated rings. The van der Waals surface area contributed by atoms with Crippen LogP contribution in [0.3, 0.4) is 0 Å². The maximum absolute atomic E-state index is 12.7. The molecule has 0 unspecified atom stereocenters. The monoisotopic (exact) mass is 398 g/mol. The fourth-order valence-corrected chi connectivity index (χ4v) is 4.44. The number of aromatic nitrogens is 2. The molecular formula is C19H18N4O2S2. The second-order valence-electron chi connectivity index (χ2n) is 6.30. The summed E-state index contributed by atoms with van der Waals surface area (Å²) in [5.41, 5.74) is 1.12. The highest BCUT2D eigenvalue weighted by Crippen LogP contribution is 2.24. The highest BCUT2D eigenvalue weighted by Gasteiger charge is 2.35. The van der Waals surface area contributed by atoms with Crippen LogP contribution in [0.2, 0.25) is 0 Å². The van der Waals surface area contributed by atoms with E-state index in [9.17, 15) is 9.59 Å². The van der Waals surface area contributed by atoms with Crippen LogP contribution in [-0.4, -0.2) is 38.7 Å². The lowest BCUT2D eigenvalue weighted by Gasteiger charge is -2.22. The van der Waals surface area contributed by atoms with Gasteiger partial charge in [0, 0.05) is 24.5 Å². The number of benzene rings is 1. The fourth-order valence-electron chi connectivity index (χ4n) is 3.17. The van der Waals surface area contributed by atoms with Crippen molar-refractivity contribution in [1.29, 1.82) is 0 Å². The van der Waals surface area contributed by atoms with Crippen LogP contribution in [0.25, 0.3) is 0 Å². The van der Waals surface area contributed by atoms with Crippen LogP contribution in [0.4, 0.5) is 5.13 Å². The highest BCUT2D eigenvalue weighted by molar-refractivity contribution is 7.12. The van der Waals surface area contributed by atoms with Gasteiger partial charge in [0.15, 0.2) is 0 Å². The number of thiophene rings is 1. The molecule has 2 aromatic heterocycles. The summed E-state index contributed by atoms with van der Waals surface area (Å²) >= 11 is 2.57. The van der Waals surface area contributed by atoms with Crippen molar-refractivity contribution in [2.45, 2.75) is 25.3 Å². The minimum atomic E-state index is -0.457. The second kappa shape index (κ2) is 7.98. The number of nitrogens with one attached hydrogen (secondary N) is 1. The van der Waals surface area contributed by atoms with Crippen LogP contribution in [0.5, 0.6) is 0 Å². The lowest BCUT2D eigenvalue weighted by molar-refractivity contribution is -0.119. The molecule has 27 heavy (non-hydrogen) atoms. The van der Waals surface area contributed by atoms with Crippen molar-refractivity contribution < 1.29 is 9.59 Å². The Morgan fingerprint density at radius 1 is 1.19 bits per heavy atom. The van der Waals surface area contributed by atoms with Gasteiger partial charge in [-0.2, -0.15) is 4.37 Å². The molecule has 2 amide bonds. The number of carbonyl (C=O) groups excluding carboxylic acids is 2. The second-order valence-corrected chi connectivity index (χ2v) is 8.00. The summed E-state index contributed by atoms with van der Waals surface area (Å²) in [4.78, 5) is 32.1. The normalized spacial score (nSPS) is 16.4. The van der Waals surface area contributed by atoms with E-state index in [2.05, 4.69) is 14.7 Å². The Morgan fingerprint density at radius 2 is 2.04 bits per heavy atom. The molecule has 1 aliphatic heterocycles. The van der Waals surface area contributed by atoms with Crippen molar-refractivity contribution in [2.75, 3.05) is 11.9 Å². The molecule has 6 nitrogen and oxygen atoms in total. The summed E-state index contributed by atoms with van der Waals surface area (Å²) in [6, 6.07) is 13.1. The van der Waals surface area contributed by atoms with Gasteiger partial charge in [0.2, 0.25) is 11.0 Å². The van der Waals surface area contributed by atoms with E-state index < -0.39 is 6.04 Å². The van der Waals surface area contributed by atoms with Crippen LogP contribution >= 0.6 is 22.9 Å². The van der Waals surface area contributed by atoms with Crippen LogP contribution in [0.15, 0.2) is 47.8 Å². The summed E-state index contributed by atoms with van der Waals surface area (Å²) in [6.07, 6.45) is 2.11. The van der Waals surface area contributed by atoms with Crippen molar-refractivity contribution in [3.05, 3.63) is 64.1 Å². The first-order chi connectivity index (χ1) is 13.2. The van der Waals surface area contributed by atoms with Crippen molar-refractivity contribution >= 4 is 39.8 Å². The van der Waals surface area contributed by atoms with Gasteiger partial charge in [-0.05, 0) is 29.9 Å². The number of carbonyl (C=O) groups is 2. The molecule has 4 rings (SSSR count). The quantitative estimate of drug-likeness (QED) is 0.714. The Kier molecular flexibility index (Phi) is 5.26. The zero-order valence-electron chi connectivity index (χ0n) is 14.5. The molecule has 138 valence electrons. The van der Waals surface area contributed by atoms with Gasteiger partial charge in [-0.1, -0.05) is 36.4 Å². The van der Waals surface area contributed by atoms with E-state index in [1.807, 2.05) is 41.8 Å². The average molecular weight is 399 g/mol. The van der Waals surface area contributed by atoms with Crippen LogP contribution in [-0.2, 0) is 11.2 Å². The molecule has 0 saturated carbocycles. The Balaban J connectivity index is 1.40. The Hall–Kier alpha value is -2.58. The third kappa shape index (κ3) is 4.06. The maximum atomic E-state index is 12.7. The Morgan fingerprint density at radius 3 is 2.81 bits per heavy atom. The summed E-state index contributed by atoms with van der Waals surface area (Å²) in [5, 5.41) is 5.18. The van der Waals surface area contributed by atoms with E-state index >= 15 is 0 Å². The summed E-state index contributed by atoms with van der Waals surface area (Å²) in [6.45, 7) is 0.601. The molecule has 0 bridgehead atoms. The van der Waals surface area contributed by atoms with E-state index in [0.717, 1.165) is 12.0 Å². The van der Waals surface area contributed by atoms with E-state index in [1.54, 1.807) is 11.0 Å². The SMILES string of the molecule is O=C(Nc1nc(Cc2ccccc2)ns1)[C@@H]1CCCN1C(=O)c1cccs1. The zero-order chi connectivity index (χ0) is 18.6. The third-order valence-corrected chi connectivity index (χ3v) is 5.98. The molecule has 1 aliphatic rings. The predicted molar refractivity (Wildman–Crippen MR) is 106 cm³/mol. The molecular weight excluding hydrogens is 380 g/mol. The smallest absolute Gasteiger partial charge is 0.264 e. The lowest BCUT2D eigenvalue weighted by Crippen LogP contribution is -2.42. The third-order valence-electron chi connectivity index (χ3n) is 4.45. The van der Waals surface area contributed by atoms with Gasteiger partial charge < -0.3 is 4.90 Å². The summed E-state index contributed by atoms with van der Waals surface area (Å²) in [5.74, 6) is 0.406. The molecule has 1 aromatic carbocycles. The van der Waals surface area contributed by atoms with Crippen molar-refractivity contribution in [2.24, 2.45) is 0 Å². The standard InChI is InChI=1S/C19H18N4O2S2/c24-17(14-8-4-10-23(14)18(25)15-9-5-11-26-15)21-19-20-16(22-27-19)12-13-6-2-1-3-7-13/h1-3,5-7,9,11,14H,4,8,10,12H2,(H,20,21,22,24)/t14-/m0/s1. The number of rotatable bonds is 5. The molecule has 3 heterocycles. The summed E-state index contributed by atoms with van der Waals surface area (Å²) in [7, 11) is 0. The van der Waals surface area contributed by atoms with Gasteiger partial charge in [0.05, 0.1) is 4.88 Å². The van der Waals surface area contributed by atoms with Crippen LogP contribution in [0.1, 0.15) is 33.9 Å². The topological polar surface area (TPSA) is 75.2 Å².